The van der Waals surface area contributed by atoms with Gasteiger partial charge in [-0.1, -0.05) is 6.07 Å². The average Bonchev–Trinajstić information content (AvgIpc) is 2.30. The van der Waals surface area contributed by atoms with Gasteiger partial charge in [0.2, 0.25) is 0 Å². The predicted octanol–water partition coefficient (Wildman–Crippen LogP) is 2.09. The van der Waals surface area contributed by atoms with Crippen molar-refractivity contribution in [3.63, 3.8) is 0 Å². The third-order valence-corrected chi connectivity index (χ3v) is 2.96. The van der Waals surface area contributed by atoms with E-state index in [1.807, 2.05) is 19.2 Å². The number of pyridine rings is 1. The fourth-order valence-electron chi connectivity index (χ4n) is 2.13. The minimum atomic E-state index is 0.0654. The van der Waals surface area contributed by atoms with Crippen molar-refractivity contribution in [3.8, 4) is 0 Å². The second-order valence-electron chi connectivity index (χ2n) is 4.25. The van der Waals surface area contributed by atoms with Gasteiger partial charge in [-0.25, -0.2) is 4.98 Å². The zero-order valence-corrected chi connectivity index (χ0v) is 9.32. The van der Waals surface area contributed by atoms with E-state index >= 15 is 0 Å². The van der Waals surface area contributed by atoms with E-state index in [0.717, 1.165) is 18.9 Å². The first-order chi connectivity index (χ1) is 7.29. The standard InChI is InChI=1S/C12H19N3/c1-10(13)11-6-5-7-14-12(11)15-8-3-2-4-9-15/h5-7,10H,2-4,8-9,13H2,1H3/t10-/m0/s1. The highest BCUT2D eigenvalue weighted by atomic mass is 15.2. The van der Waals surface area contributed by atoms with Gasteiger partial charge >= 0.3 is 0 Å². The summed E-state index contributed by atoms with van der Waals surface area (Å²) in [7, 11) is 0. The van der Waals surface area contributed by atoms with Crippen LogP contribution >= 0.6 is 0 Å². The summed E-state index contributed by atoms with van der Waals surface area (Å²) >= 11 is 0. The van der Waals surface area contributed by atoms with E-state index in [4.69, 9.17) is 5.73 Å². The van der Waals surface area contributed by atoms with Crippen LogP contribution in [0.3, 0.4) is 0 Å². The quantitative estimate of drug-likeness (QED) is 0.804. The molecule has 82 valence electrons. The minimum Gasteiger partial charge on any atom is -0.356 e. The molecule has 3 nitrogen and oxygen atoms in total. The third kappa shape index (κ3) is 2.29. The van der Waals surface area contributed by atoms with Gasteiger partial charge in [0.05, 0.1) is 0 Å². The number of rotatable bonds is 2. The van der Waals surface area contributed by atoms with Crippen LogP contribution in [-0.4, -0.2) is 18.1 Å². The van der Waals surface area contributed by atoms with E-state index in [2.05, 4.69) is 16.0 Å². The molecule has 2 rings (SSSR count). The van der Waals surface area contributed by atoms with E-state index in [1.54, 1.807) is 0 Å². The summed E-state index contributed by atoms with van der Waals surface area (Å²) in [5.41, 5.74) is 7.12. The Morgan fingerprint density at radius 3 is 2.73 bits per heavy atom. The SMILES string of the molecule is C[C@H](N)c1cccnc1N1CCCCC1. The molecule has 1 fully saturated rings. The number of nitrogens with zero attached hydrogens (tertiary/aromatic N) is 2. The van der Waals surface area contributed by atoms with Gasteiger partial charge in [0.25, 0.3) is 0 Å². The summed E-state index contributed by atoms with van der Waals surface area (Å²) in [4.78, 5) is 6.83. The van der Waals surface area contributed by atoms with Gasteiger partial charge in [0, 0.05) is 30.9 Å². The molecule has 2 N–H and O–H groups in total. The number of hydrogen-bond acceptors (Lipinski definition) is 3. The maximum atomic E-state index is 5.95. The molecule has 1 aromatic rings. The summed E-state index contributed by atoms with van der Waals surface area (Å²) < 4.78 is 0. The van der Waals surface area contributed by atoms with Gasteiger partial charge in [0.1, 0.15) is 5.82 Å². The van der Waals surface area contributed by atoms with Gasteiger partial charge < -0.3 is 10.6 Å². The Bertz CT molecular complexity index is 316. The molecule has 0 saturated carbocycles. The van der Waals surface area contributed by atoms with Crippen LogP contribution in [0.15, 0.2) is 18.3 Å². The highest BCUT2D eigenvalue weighted by molar-refractivity contribution is 5.48. The molecule has 1 saturated heterocycles. The lowest BCUT2D eigenvalue weighted by atomic mass is 10.1. The fourth-order valence-corrected chi connectivity index (χ4v) is 2.13. The highest BCUT2D eigenvalue weighted by Crippen LogP contribution is 2.24. The van der Waals surface area contributed by atoms with Crippen molar-refractivity contribution in [2.45, 2.75) is 32.2 Å². The molecule has 0 bridgehead atoms. The topological polar surface area (TPSA) is 42.1 Å². The number of nitrogens with two attached hydrogens (primary N) is 1. The lowest BCUT2D eigenvalue weighted by Crippen LogP contribution is -2.31. The van der Waals surface area contributed by atoms with Gasteiger partial charge in [-0.05, 0) is 32.3 Å². The minimum absolute atomic E-state index is 0.0654. The summed E-state index contributed by atoms with van der Waals surface area (Å²) in [5, 5.41) is 0. The van der Waals surface area contributed by atoms with Crippen molar-refractivity contribution in [2.75, 3.05) is 18.0 Å². The highest BCUT2D eigenvalue weighted by Gasteiger charge is 2.16. The van der Waals surface area contributed by atoms with E-state index in [-0.39, 0.29) is 6.04 Å². The summed E-state index contributed by atoms with van der Waals surface area (Å²) in [5.74, 6) is 1.09. The Balaban J connectivity index is 2.25. The Hall–Kier alpha value is -1.09. The molecule has 1 atom stereocenters. The van der Waals surface area contributed by atoms with Crippen molar-refractivity contribution < 1.29 is 0 Å². The Morgan fingerprint density at radius 1 is 1.33 bits per heavy atom. The van der Waals surface area contributed by atoms with Crippen LogP contribution in [0.25, 0.3) is 0 Å². The molecule has 1 aliphatic heterocycles. The van der Waals surface area contributed by atoms with Crippen LogP contribution in [0, 0.1) is 0 Å². The first kappa shape index (κ1) is 10.4. The summed E-state index contributed by atoms with van der Waals surface area (Å²) in [6.07, 6.45) is 5.75. The zero-order valence-electron chi connectivity index (χ0n) is 9.32. The molecular weight excluding hydrogens is 186 g/mol. The molecule has 1 aliphatic rings. The normalized spacial score (nSPS) is 18.9. The molecule has 0 aliphatic carbocycles. The molecule has 0 spiro atoms. The third-order valence-electron chi connectivity index (χ3n) is 2.96. The molecule has 3 heteroatoms. The van der Waals surface area contributed by atoms with Crippen molar-refractivity contribution in [1.82, 2.24) is 4.98 Å². The number of piperidine rings is 1. The smallest absolute Gasteiger partial charge is 0.133 e. The van der Waals surface area contributed by atoms with Crippen LogP contribution in [-0.2, 0) is 0 Å². The lowest BCUT2D eigenvalue weighted by Gasteiger charge is -2.30. The molecule has 0 radical (unpaired) electrons. The molecule has 0 amide bonds. The van der Waals surface area contributed by atoms with E-state index in [1.165, 1.54) is 24.8 Å². The van der Waals surface area contributed by atoms with Crippen LogP contribution in [0.5, 0.6) is 0 Å². The molecule has 0 unspecified atom stereocenters. The Labute approximate surface area is 91.3 Å². The van der Waals surface area contributed by atoms with Gasteiger partial charge in [-0.2, -0.15) is 0 Å². The summed E-state index contributed by atoms with van der Waals surface area (Å²) in [6.45, 7) is 4.26. The van der Waals surface area contributed by atoms with Gasteiger partial charge in [-0.3, -0.25) is 0 Å². The maximum absolute atomic E-state index is 5.95. The van der Waals surface area contributed by atoms with E-state index in [0.29, 0.717) is 0 Å². The van der Waals surface area contributed by atoms with Crippen molar-refractivity contribution in [3.05, 3.63) is 23.9 Å². The number of anilines is 1. The average molecular weight is 205 g/mol. The summed E-state index contributed by atoms with van der Waals surface area (Å²) in [6, 6.07) is 4.11. The van der Waals surface area contributed by atoms with Crippen molar-refractivity contribution >= 4 is 5.82 Å². The Kier molecular flexibility index (Phi) is 3.21. The predicted molar refractivity (Wildman–Crippen MR) is 62.9 cm³/mol. The van der Waals surface area contributed by atoms with E-state index in [9.17, 15) is 0 Å². The van der Waals surface area contributed by atoms with Crippen LogP contribution in [0.4, 0.5) is 5.82 Å². The number of hydrogen-bond donors (Lipinski definition) is 1. The fraction of sp³-hybridized carbons (Fsp3) is 0.583. The van der Waals surface area contributed by atoms with Gasteiger partial charge in [-0.15, -0.1) is 0 Å². The number of aromatic nitrogens is 1. The van der Waals surface area contributed by atoms with Crippen LogP contribution < -0.4 is 10.6 Å². The molecule has 1 aromatic heterocycles. The van der Waals surface area contributed by atoms with Crippen molar-refractivity contribution in [2.24, 2.45) is 5.73 Å². The molecule has 0 aromatic carbocycles. The monoisotopic (exact) mass is 205 g/mol. The van der Waals surface area contributed by atoms with Gasteiger partial charge in [0.15, 0.2) is 0 Å². The molecular formula is C12H19N3. The van der Waals surface area contributed by atoms with E-state index < -0.39 is 0 Å². The Morgan fingerprint density at radius 2 is 2.07 bits per heavy atom. The zero-order chi connectivity index (χ0) is 10.7. The maximum Gasteiger partial charge on any atom is 0.133 e. The lowest BCUT2D eigenvalue weighted by molar-refractivity contribution is 0.570. The first-order valence-electron chi connectivity index (χ1n) is 5.74. The van der Waals surface area contributed by atoms with Crippen LogP contribution in [0.1, 0.15) is 37.8 Å². The first-order valence-corrected chi connectivity index (χ1v) is 5.74. The van der Waals surface area contributed by atoms with Crippen molar-refractivity contribution in [1.29, 1.82) is 0 Å². The second kappa shape index (κ2) is 4.62. The van der Waals surface area contributed by atoms with Crippen LogP contribution in [0.2, 0.25) is 0 Å². The second-order valence-corrected chi connectivity index (χ2v) is 4.25. The molecule has 2 heterocycles. The molecule has 15 heavy (non-hydrogen) atoms. The largest absolute Gasteiger partial charge is 0.356 e.